The molecular formula is C19H15F7O3. The minimum atomic E-state index is -5.63. The summed E-state index contributed by atoms with van der Waals surface area (Å²) < 4.78 is 104. The number of hydrogen-bond donors (Lipinski definition) is 0. The van der Waals surface area contributed by atoms with Gasteiger partial charge in [0.05, 0.1) is 12.2 Å². The van der Waals surface area contributed by atoms with Crippen molar-refractivity contribution >= 4 is 5.97 Å². The third kappa shape index (κ3) is 4.46. The Morgan fingerprint density at radius 3 is 2.03 bits per heavy atom. The lowest BCUT2D eigenvalue weighted by molar-refractivity contribution is -0.308. The van der Waals surface area contributed by atoms with Crippen molar-refractivity contribution < 1.29 is 45.0 Å². The summed E-state index contributed by atoms with van der Waals surface area (Å²) in [4.78, 5) is 11.5. The van der Waals surface area contributed by atoms with E-state index in [-0.39, 0.29) is 30.6 Å². The van der Waals surface area contributed by atoms with Crippen molar-refractivity contribution in [1.29, 1.82) is 0 Å². The Morgan fingerprint density at radius 2 is 1.55 bits per heavy atom. The lowest BCUT2D eigenvalue weighted by Crippen LogP contribution is -2.50. The van der Waals surface area contributed by atoms with Crippen molar-refractivity contribution in [2.24, 2.45) is 0 Å². The minimum absolute atomic E-state index is 0.0820. The fourth-order valence-electron chi connectivity index (χ4n) is 2.24. The van der Waals surface area contributed by atoms with Gasteiger partial charge in [0, 0.05) is 12.5 Å². The molecule has 29 heavy (non-hydrogen) atoms. The zero-order valence-corrected chi connectivity index (χ0v) is 15.1. The first-order chi connectivity index (χ1) is 13.3. The molecule has 0 aromatic heterocycles. The monoisotopic (exact) mass is 424 g/mol. The van der Waals surface area contributed by atoms with Gasteiger partial charge in [-0.25, -0.2) is 9.18 Å². The zero-order chi connectivity index (χ0) is 22.0. The van der Waals surface area contributed by atoms with E-state index in [0.29, 0.717) is 12.1 Å². The van der Waals surface area contributed by atoms with Crippen LogP contribution in [0.2, 0.25) is 0 Å². The van der Waals surface area contributed by atoms with E-state index in [4.69, 9.17) is 9.47 Å². The summed E-state index contributed by atoms with van der Waals surface area (Å²) in [6.45, 7) is 1.34. The highest BCUT2D eigenvalue weighted by molar-refractivity contribution is 5.89. The predicted octanol–water partition coefficient (Wildman–Crippen LogP) is 6.18. The Kier molecular flexibility index (Phi) is 6.15. The lowest BCUT2D eigenvalue weighted by Gasteiger charge is -2.31. The quantitative estimate of drug-likeness (QED) is 0.394. The van der Waals surface area contributed by atoms with Crippen molar-refractivity contribution in [1.82, 2.24) is 0 Å². The van der Waals surface area contributed by atoms with Crippen molar-refractivity contribution in [3.8, 4) is 11.5 Å². The van der Waals surface area contributed by atoms with Crippen molar-refractivity contribution in [2.45, 2.75) is 31.6 Å². The Bertz CT molecular complexity index is 874. The highest BCUT2D eigenvalue weighted by atomic mass is 19.3. The zero-order valence-electron chi connectivity index (χ0n) is 15.1. The SMILES string of the molecule is CCOC(=O)c1ccc(Oc2ccc(C(F)(F)C(F)(F)C(C)(F)F)cc2)c(F)c1. The number of alkyl halides is 6. The molecule has 0 unspecified atom stereocenters. The van der Waals surface area contributed by atoms with Crippen LogP contribution < -0.4 is 4.74 Å². The molecule has 0 fully saturated rings. The van der Waals surface area contributed by atoms with Gasteiger partial charge in [-0.2, -0.15) is 26.3 Å². The molecule has 0 aliphatic heterocycles. The van der Waals surface area contributed by atoms with Crippen LogP contribution in [0, 0.1) is 5.82 Å². The number of hydrogen-bond acceptors (Lipinski definition) is 3. The number of rotatable bonds is 7. The van der Waals surface area contributed by atoms with Gasteiger partial charge in [-0.1, -0.05) is 0 Å². The molecule has 10 heteroatoms. The van der Waals surface area contributed by atoms with Gasteiger partial charge in [0.2, 0.25) is 0 Å². The first-order valence-electron chi connectivity index (χ1n) is 8.19. The third-order valence-corrected chi connectivity index (χ3v) is 3.83. The number of carbonyl (C=O) groups excluding carboxylic acids is 1. The summed E-state index contributed by atoms with van der Waals surface area (Å²) in [7, 11) is 0. The van der Waals surface area contributed by atoms with Gasteiger partial charge in [0.1, 0.15) is 5.75 Å². The van der Waals surface area contributed by atoms with Crippen molar-refractivity contribution in [3.05, 3.63) is 59.4 Å². The summed E-state index contributed by atoms with van der Waals surface area (Å²) in [5, 5.41) is 0. The number of esters is 1. The smallest absolute Gasteiger partial charge is 0.375 e. The van der Waals surface area contributed by atoms with Crippen LogP contribution >= 0.6 is 0 Å². The maximum Gasteiger partial charge on any atom is 0.375 e. The van der Waals surface area contributed by atoms with Crippen LogP contribution in [-0.4, -0.2) is 24.4 Å². The largest absolute Gasteiger partial charge is 0.462 e. The first-order valence-corrected chi connectivity index (χ1v) is 8.19. The number of benzene rings is 2. The topological polar surface area (TPSA) is 35.5 Å². The normalized spacial score (nSPS) is 12.6. The molecule has 0 atom stereocenters. The van der Waals surface area contributed by atoms with E-state index in [1.54, 1.807) is 6.92 Å². The average molecular weight is 424 g/mol. The molecule has 0 saturated heterocycles. The van der Waals surface area contributed by atoms with Crippen LogP contribution in [0.15, 0.2) is 42.5 Å². The summed E-state index contributed by atoms with van der Waals surface area (Å²) in [5.74, 6) is -18.1. The molecule has 2 rings (SSSR count). The molecule has 0 saturated carbocycles. The molecule has 158 valence electrons. The second kappa shape index (κ2) is 7.92. The molecule has 0 radical (unpaired) electrons. The lowest BCUT2D eigenvalue weighted by atomic mass is 9.98. The summed E-state index contributed by atoms with van der Waals surface area (Å²) in [6.07, 6.45) is 0. The van der Waals surface area contributed by atoms with E-state index in [2.05, 4.69) is 0 Å². The van der Waals surface area contributed by atoms with Gasteiger partial charge in [-0.05, 0) is 49.4 Å². The molecular weight excluding hydrogens is 409 g/mol. The minimum Gasteiger partial charge on any atom is -0.462 e. The van der Waals surface area contributed by atoms with Crippen molar-refractivity contribution in [3.63, 3.8) is 0 Å². The number of carbonyl (C=O) groups is 1. The Hall–Kier alpha value is -2.78. The molecule has 3 nitrogen and oxygen atoms in total. The Balaban J connectivity index is 2.22. The van der Waals surface area contributed by atoms with Crippen LogP contribution in [0.25, 0.3) is 0 Å². The van der Waals surface area contributed by atoms with Gasteiger partial charge in [0.15, 0.2) is 11.6 Å². The highest BCUT2D eigenvalue weighted by Crippen LogP contribution is 2.51. The van der Waals surface area contributed by atoms with Crippen LogP contribution in [0.1, 0.15) is 29.8 Å². The van der Waals surface area contributed by atoms with E-state index >= 15 is 0 Å². The Labute approximate surface area is 161 Å². The molecule has 0 spiro atoms. The van der Waals surface area contributed by atoms with E-state index in [1.807, 2.05) is 0 Å². The standard InChI is InChI=1S/C19H15F7O3/c1-3-28-16(27)11-4-9-15(14(20)10-11)29-13-7-5-12(6-8-13)18(23,24)19(25,26)17(2,21)22/h4-10H,3H2,1-2H3. The van der Waals surface area contributed by atoms with Crippen molar-refractivity contribution in [2.75, 3.05) is 6.61 Å². The maximum atomic E-state index is 14.1. The van der Waals surface area contributed by atoms with Crippen LogP contribution in [0.3, 0.4) is 0 Å². The van der Waals surface area contributed by atoms with E-state index in [9.17, 15) is 35.5 Å². The van der Waals surface area contributed by atoms with Crippen LogP contribution in [-0.2, 0) is 10.7 Å². The maximum absolute atomic E-state index is 14.1. The molecule has 2 aromatic carbocycles. The predicted molar refractivity (Wildman–Crippen MR) is 88.3 cm³/mol. The Morgan fingerprint density at radius 1 is 0.966 bits per heavy atom. The molecule has 0 N–H and O–H groups in total. The summed E-state index contributed by atoms with van der Waals surface area (Å²) in [6, 6.07) is 5.65. The van der Waals surface area contributed by atoms with Gasteiger partial charge < -0.3 is 9.47 Å². The first kappa shape index (κ1) is 22.5. The highest BCUT2D eigenvalue weighted by Gasteiger charge is 2.69. The van der Waals surface area contributed by atoms with Crippen LogP contribution in [0.4, 0.5) is 30.7 Å². The van der Waals surface area contributed by atoms with Gasteiger partial charge in [-0.3, -0.25) is 0 Å². The van der Waals surface area contributed by atoms with Gasteiger partial charge >= 0.3 is 23.7 Å². The fourth-order valence-corrected chi connectivity index (χ4v) is 2.24. The molecule has 0 heterocycles. The van der Waals surface area contributed by atoms with E-state index < -0.39 is 35.1 Å². The molecule has 0 aliphatic rings. The van der Waals surface area contributed by atoms with E-state index in [0.717, 1.165) is 24.3 Å². The molecule has 0 aliphatic carbocycles. The number of halogens is 7. The third-order valence-electron chi connectivity index (χ3n) is 3.83. The second-order valence-corrected chi connectivity index (χ2v) is 6.03. The second-order valence-electron chi connectivity index (χ2n) is 6.03. The summed E-state index contributed by atoms with van der Waals surface area (Å²) >= 11 is 0. The molecule has 0 amide bonds. The number of ether oxygens (including phenoxy) is 2. The average Bonchev–Trinajstić information content (AvgIpc) is 2.63. The molecule has 2 aromatic rings. The van der Waals surface area contributed by atoms with Gasteiger partial charge in [0.25, 0.3) is 0 Å². The van der Waals surface area contributed by atoms with E-state index in [1.165, 1.54) is 6.07 Å². The summed E-state index contributed by atoms with van der Waals surface area (Å²) in [5.41, 5.74) is -1.45. The van der Waals surface area contributed by atoms with Crippen LogP contribution in [0.5, 0.6) is 11.5 Å². The van der Waals surface area contributed by atoms with Gasteiger partial charge in [-0.15, -0.1) is 0 Å². The fraction of sp³-hybridized carbons (Fsp3) is 0.316. The molecule has 0 bridgehead atoms.